The number of aliphatic hydroxyl groups is 3. The molecule has 0 fully saturated rings. The molecule has 5 nitrogen and oxygen atoms in total. The number of carbonyl (C=O) groups is 1. The Hall–Kier alpha value is -1.87. The van der Waals surface area contributed by atoms with Gasteiger partial charge in [-0.3, -0.25) is 4.79 Å². The van der Waals surface area contributed by atoms with Crippen molar-refractivity contribution in [2.75, 3.05) is 32.9 Å². The van der Waals surface area contributed by atoms with Gasteiger partial charge in [0.1, 0.15) is 0 Å². The van der Waals surface area contributed by atoms with E-state index in [0.717, 1.165) is 5.56 Å². The number of hydrogen-bond donors (Lipinski definition) is 3. The fraction of sp³-hybridized carbons (Fsp3) is 0.438. The van der Waals surface area contributed by atoms with Crippen LogP contribution in [-0.2, 0) is 0 Å². The molecule has 0 spiro atoms. The first kappa shape index (κ1) is 17.2. The fourth-order valence-electron chi connectivity index (χ4n) is 1.88. The Morgan fingerprint density at radius 3 is 2.38 bits per heavy atom. The zero-order chi connectivity index (χ0) is 15.7. The van der Waals surface area contributed by atoms with Crippen molar-refractivity contribution in [3.05, 3.63) is 34.9 Å². The van der Waals surface area contributed by atoms with Gasteiger partial charge in [-0.25, -0.2) is 0 Å². The van der Waals surface area contributed by atoms with E-state index >= 15 is 0 Å². The number of aliphatic hydroxyl groups excluding tert-OH is 3. The second kappa shape index (κ2) is 9.14. The van der Waals surface area contributed by atoms with Gasteiger partial charge in [-0.2, -0.15) is 0 Å². The fourth-order valence-corrected chi connectivity index (χ4v) is 1.88. The van der Waals surface area contributed by atoms with E-state index in [0.29, 0.717) is 17.5 Å². The molecule has 1 rings (SSSR count). The zero-order valence-corrected chi connectivity index (χ0v) is 12.2. The lowest BCUT2D eigenvalue weighted by Gasteiger charge is -2.21. The van der Waals surface area contributed by atoms with E-state index in [1.807, 2.05) is 19.1 Å². The molecule has 0 unspecified atom stereocenters. The van der Waals surface area contributed by atoms with Crippen molar-refractivity contribution in [2.24, 2.45) is 0 Å². The molecule has 1 amide bonds. The highest BCUT2D eigenvalue weighted by Gasteiger charge is 2.17. The Bertz CT molecular complexity index is 525. The molecule has 0 saturated heterocycles. The monoisotopic (exact) mass is 291 g/mol. The van der Waals surface area contributed by atoms with Gasteiger partial charge in [0.15, 0.2) is 0 Å². The summed E-state index contributed by atoms with van der Waals surface area (Å²) in [5, 5.41) is 26.7. The van der Waals surface area contributed by atoms with Crippen molar-refractivity contribution in [3.8, 4) is 11.8 Å². The van der Waals surface area contributed by atoms with Crippen LogP contribution in [0.5, 0.6) is 0 Å². The molecule has 3 N–H and O–H groups in total. The Morgan fingerprint density at radius 2 is 1.81 bits per heavy atom. The summed E-state index contributed by atoms with van der Waals surface area (Å²) in [7, 11) is 0. The zero-order valence-electron chi connectivity index (χ0n) is 12.2. The highest BCUT2D eigenvalue weighted by Crippen LogP contribution is 2.13. The molecule has 1 aromatic carbocycles. The van der Waals surface area contributed by atoms with E-state index in [1.54, 1.807) is 6.07 Å². The average Bonchev–Trinajstić information content (AvgIpc) is 2.48. The van der Waals surface area contributed by atoms with Gasteiger partial charge in [-0.1, -0.05) is 17.9 Å². The van der Waals surface area contributed by atoms with Crippen molar-refractivity contribution < 1.29 is 20.1 Å². The third kappa shape index (κ3) is 5.20. The van der Waals surface area contributed by atoms with Crippen LogP contribution >= 0.6 is 0 Å². The maximum absolute atomic E-state index is 12.4. The van der Waals surface area contributed by atoms with Gasteiger partial charge < -0.3 is 20.2 Å². The van der Waals surface area contributed by atoms with Crippen LogP contribution in [0.2, 0.25) is 0 Å². The van der Waals surface area contributed by atoms with E-state index in [4.69, 9.17) is 15.3 Å². The summed E-state index contributed by atoms with van der Waals surface area (Å²) in [5.74, 6) is 5.47. The molecular formula is C16H21NO4. The first-order valence-electron chi connectivity index (χ1n) is 6.85. The van der Waals surface area contributed by atoms with Gasteiger partial charge in [0.05, 0.1) is 19.8 Å². The van der Waals surface area contributed by atoms with Crippen LogP contribution in [0.1, 0.15) is 27.9 Å². The van der Waals surface area contributed by atoms with Crippen molar-refractivity contribution in [1.82, 2.24) is 4.90 Å². The molecule has 21 heavy (non-hydrogen) atoms. The Balaban J connectivity index is 3.02. The van der Waals surface area contributed by atoms with Crippen LogP contribution in [0.3, 0.4) is 0 Å². The predicted octanol–water partition coefficient (Wildman–Crippen LogP) is 0.156. The van der Waals surface area contributed by atoms with Crippen molar-refractivity contribution in [3.63, 3.8) is 0 Å². The first-order valence-corrected chi connectivity index (χ1v) is 6.85. The molecule has 0 heterocycles. The molecule has 0 aromatic heterocycles. The molecule has 0 atom stereocenters. The number of benzene rings is 1. The minimum absolute atomic E-state index is 0.00538. The van der Waals surface area contributed by atoms with E-state index in [9.17, 15) is 4.79 Å². The van der Waals surface area contributed by atoms with E-state index in [-0.39, 0.29) is 38.8 Å². The lowest BCUT2D eigenvalue weighted by Crippen LogP contribution is -2.36. The second-order valence-corrected chi connectivity index (χ2v) is 4.54. The summed E-state index contributed by atoms with van der Waals surface area (Å²) in [4.78, 5) is 13.9. The maximum Gasteiger partial charge on any atom is 0.254 e. The molecule has 0 saturated carbocycles. The van der Waals surface area contributed by atoms with Crippen LogP contribution in [-0.4, -0.2) is 59.0 Å². The summed E-state index contributed by atoms with van der Waals surface area (Å²) in [6, 6.07) is 5.33. The second-order valence-electron chi connectivity index (χ2n) is 4.54. The molecule has 0 bridgehead atoms. The van der Waals surface area contributed by atoms with E-state index < -0.39 is 0 Å². The van der Waals surface area contributed by atoms with Crippen LogP contribution in [0.25, 0.3) is 0 Å². The topological polar surface area (TPSA) is 81.0 Å². The molecular weight excluding hydrogens is 270 g/mol. The van der Waals surface area contributed by atoms with E-state index in [1.165, 1.54) is 4.90 Å². The highest BCUT2D eigenvalue weighted by molar-refractivity contribution is 5.96. The average molecular weight is 291 g/mol. The quantitative estimate of drug-likeness (QED) is 0.652. The van der Waals surface area contributed by atoms with Gasteiger partial charge in [0.25, 0.3) is 5.91 Å². The largest absolute Gasteiger partial charge is 0.395 e. The van der Waals surface area contributed by atoms with Gasteiger partial charge in [0.2, 0.25) is 0 Å². The summed E-state index contributed by atoms with van der Waals surface area (Å²) < 4.78 is 0. The molecule has 0 aliphatic rings. The standard InChI is InChI=1S/C16H21NO4/c1-13-5-6-14(4-2-3-9-18)12-15(13)16(21)17(7-10-19)8-11-20/h5-6,12,18-20H,3,7-11H2,1H3. The van der Waals surface area contributed by atoms with Crippen molar-refractivity contribution in [1.29, 1.82) is 0 Å². The van der Waals surface area contributed by atoms with Crippen LogP contribution in [0, 0.1) is 18.8 Å². The van der Waals surface area contributed by atoms with Crippen LogP contribution in [0.15, 0.2) is 18.2 Å². The van der Waals surface area contributed by atoms with Gasteiger partial charge >= 0.3 is 0 Å². The third-order valence-electron chi connectivity index (χ3n) is 2.96. The van der Waals surface area contributed by atoms with Crippen LogP contribution in [0.4, 0.5) is 0 Å². The summed E-state index contributed by atoms with van der Waals surface area (Å²) in [5.41, 5.74) is 2.02. The number of hydrogen-bond acceptors (Lipinski definition) is 4. The summed E-state index contributed by atoms with van der Waals surface area (Å²) in [6.07, 6.45) is 0.387. The Kier molecular flexibility index (Phi) is 7.48. The first-order chi connectivity index (χ1) is 10.1. The number of aryl methyl sites for hydroxylation is 1. The Morgan fingerprint density at radius 1 is 1.14 bits per heavy atom. The van der Waals surface area contributed by atoms with Gasteiger partial charge in [-0.05, 0) is 24.6 Å². The Labute approximate surface area is 124 Å². The number of nitrogens with zero attached hydrogens (tertiary/aromatic N) is 1. The van der Waals surface area contributed by atoms with Crippen molar-refractivity contribution >= 4 is 5.91 Å². The maximum atomic E-state index is 12.4. The minimum Gasteiger partial charge on any atom is -0.395 e. The molecule has 0 aliphatic carbocycles. The van der Waals surface area contributed by atoms with Crippen LogP contribution < -0.4 is 0 Å². The lowest BCUT2D eigenvalue weighted by molar-refractivity contribution is 0.0684. The van der Waals surface area contributed by atoms with E-state index in [2.05, 4.69) is 11.8 Å². The SMILES string of the molecule is Cc1ccc(C#CCCO)cc1C(=O)N(CCO)CCO. The van der Waals surface area contributed by atoms with Gasteiger partial charge in [-0.15, -0.1) is 0 Å². The number of carbonyl (C=O) groups excluding carboxylic acids is 1. The summed E-state index contributed by atoms with van der Waals surface area (Å²) >= 11 is 0. The highest BCUT2D eigenvalue weighted by atomic mass is 16.3. The third-order valence-corrected chi connectivity index (χ3v) is 2.96. The number of rotatable bonds is 6. The molecule has 1 aromatic rings. The molecule has 5 heteroatoms. The molecule has 114 valence electrons. The molecule has 0 aliphatic heterocycles. The normalized spacial score (nSPS) is 9.90. The summed E-state index contributed by atoms with van der Waals surface area (Å²) in [6.45, 7) is 1.89. The predicted molar refractivity (Wildman–Crippen MR) is 79.8 cm³/mol. The smallest absolute Gasteiger partial charge is 0.254 e. The lowest BCUT2D eigenvalue weighted by atomic mass is 10.0. The van der Waals surface area contributed by atoms with Gasteiger partial charge in [0, 0.05) is 30.6 Å². The number of amides is 1. The minimum atomic E-state index is -0.235. The van der Waals surface area contributed by atoms with Crippen molar-refractivity contribution in [2.45, 2.75) is 13.3 Å². The molecule has 0 radical (unpaired) electrons.